The molecule has 4 N–H and O–H groups in total. The van der Waals surface area contributed by atoms with Gasteiger partial charge in [-0.3, -0.25) is 33.9 Å². The summed E-state index contributed by atoms with van der Waals surface area (Å²) < 4.78 is 68.1. The number of ether oxygens (including phenoxy) is 2. The van der Waals surface area contributed by atoms with Gasteiger partial charge >= 0.3 is 6.18 Å². The number of nitriles is 1. The largest absolute Gasteiger partial charge is 0.478 e. The highest BCUT2D eigenvalue weighted by atomic mass is 32.1. The van der Waals surface area contributed by atoms with Gasteiger partial charge in [0.1, 0.15) is 29.8 Å². The Bertz CT molecular complexity index is 2640. The second-order valence-electron chi connectivity index (χ2n) is 18.0. The van der Waals surface area contributed by atoms with E-state index >= 15 is 4.39 Å². The number of anilines is 2. The number of carbonyl (C=O) groups excluding carboxylic acids is 5. The number of primary amides is 1. The van der Waals surface area contributed by atoms with Crippen LogP contribution in [0, 0.1) is 22.6 Å². The zero-order valence-electron chi connectivity index (χ0n) is 38.5. The van der Waals surface area contributed by atoms with Crippen LogP contribution in [0.1, 0.15) is 87.4 Å². The van der Waals surface area contributed by atoms with E-state index in [9.17, 15) is 37.1 Å². The van der Waals surface area contributed by atoms with Crippen LogP contribution < -0.4 is 30.9 Å². The van der Waals surface area contributed by atoms with Crippen LogP contribution >= 0.6 is 12.2 Å². The molecule has 5 amide bonds. The standard InChI is InChI=1S/C48H51F4N9O7S/c1-46(2,3)40(43(65)59-20-8-9-35(59)42(64)57-24-28-10-12-29(13-11-28)41(54)63)58-36(62)27-67-21-6-7-22-68-37-19-15-31(25-56-37)33-17-16-32(26-55-33)61-45(69)60(44(66)47(61,4)5)34-18-14-30(23-53)38(39(34)49)48(50,51)52/h10-19,25-26,35,40H,6-9,20-22,24,27H2,1-5H3,(H2,54,63)(H,57,64)(H,58,62)/t35-,40?/m0/s1. The number of unbranched alkanes of at least 4 members (excludes halogenated alkanes) is 1. The number of nitrogens with one attached hydrogen (secondary N) is 2. The van der Waals surface area contributed by atoms with Gasteiger partial charge in [-0.1, -0.05) is 32.9 Å². The quantitative estimate of drug-likeness (QED) is 0.0613. The fourth-order valence-electron chi connectivity index (χ4n) is 7.92. The van der Waals surface area contributed by atoms with E-state index in [-0.39, 0.29) is 36.7 Å². The van der Waals surface area contributed by atoms with E-state index in [1.54, 1.807) is 54.7 Å². The summed E-state index contributed by atoms with van der Waals surface area (Å²) in [7, 11) is 0. The molecule has 0 radical (unpaired) electrons. The van der Waals surface area contributed by atoms with Crippen molar-refractivity contribution in [3.05, 3.63) is 101 Å². The van der Waals surface area contributed by atoms with Gasteiger partial charge < -0.3 is 35.6 Å². The molecule has 0 aliphatic carbocycles. The highest BCUT2D eigenvalue weighted by Gasteiger charge is 2.52. The molecule has 4 aromatic rings. The maximum Gasteiger partial charge on any atom is 0.420 e. The average Bonchev–Trinajstić information content (AvgIpc) is 3.86. The Hall–Kier alpha value is -7.05. The Morgan fingerprint density at radius 2 is 1.70 bits per heavy atom. The topological polar surface area (TPSA) is 213 Å². The molecule has 2 aromatic heterocycles. The van der Waals surface area contributed by atoms with Gasteiger partial charge in [0.25, 0.3) is 5.91 Å². The lowest BCUT2D eigenvalue weighted by atomic mass is 9.85. The number of pyridine rings is 2. The number of nitrogens with zero attached hydrogens (tertiary/aromatic N) is 6. The third-order valence-corrected chi connectivity index (χ3v) is 12.0. The number of carbonyl (C=O) groups is 5. The molecule has 21 heteroatoms. The lowest BCUT2D eigenvalue weighted by molar-refractivity contribution is -0.144. The highest BCUT2D eigenvalue weighted by molar-refractivity contribution is 7.81. The number of amides is 5. The van der Waals surface area contributed by atoms with Crippen LogP contribution in [-0.4, -0.2) is 93.5 Å². The normalized spacial score (nSPS) is 16.3. The van der Waals surface area contributed by atoms with Gasteiger partial charge in [-0.25, -0.2) is 9.37 Å². The van der Waals surface area contributed by atoms with Crippen LogP contribution in [0.15, 0.2) is 73.1 Å². The summed E-state index contributed by atoms with van der Waals surface area (Å²) in [6.07, 6.45) is -0.000826. The Balaban J connectivity index is 0.941. The number of hydrogen-bond acceptors (Lipinski definition) is 11. The third kappa shape index (κ3) is 11.6. The maximum atomic E-state index is 15.4. The Morgan fingerprint density at radius 3 is 2.30 bits per heavy atom. The Morgan fingerprint density at radius 1 is 0.986 bits per heavy atom. The summed E-state index contributed by atoms with van der Waals surface area (Å²) >= 11 is 5.52. The Labute approximate surface area is 401 Å². The summed E-state index contributed by atoms with van der Waals surface area (Å²) in [5.74, 6) is -3.93. The van der Waals surface area contributed by atoms with E-state index in [4.69, 9.17) is 32.7 Å². The number of thiocarbonyl (C=S) groups is 1. The van der Waals surface area contributed by atoms with E-state index < -0.39 is 69.6 Å². The number of rotatable bonds is 17. The van der Waals surface area contributed by atoms with Crippen molar-refractivity contribution in [2.75, 3.05) is 36.2 Å². The van der Waals surface area contributed by atoms with E-state index in [0.29, 0.717) is 72.1 Å². The number of halogens is 4. The fraction of sp³-hybridized carbons (Fsp3) is 0.396. The summed E-state index contributed by atoms with van der Waals surface area (Å²) in [6, 6.07) is 14.6. The predicted molar refractivity (Wildman–Crippen MR) is 249 cm³/mol. The molecule has 6 rings (SSSR count). The molecule has 4 heterocycles. The van der Waals surface area contributed by atoms with Gasteiger partial charge in [-0.05, 0) is 105 Å². The maximum absolute atomic E-state index is 15.4. The molecule has 2 saturated heterocycles. The number of hydrogen-bond donors (Lipinski definition) is 3. The molecule has 1 unspecified atom stereocenters. The van der Waals surface area contributed by atoms with Gasteiger partial charge in [0.05, 0.1) is 41.5 Å². The summed E-state index contributed by atoms with van der Waals surface area (Å²) in [4.78, 5) is 77.4. The number of aromatic nitrogens is 2. The van der Waals surface area contributed by atoms with Crippen LogP contribution in [0.3, 0.4) is 0 Å². The van der Waals surface area contributed by atoms with Gasteiger partial charge in [-0.15, -0.1) is 0 Å². The van der Waals surface area contributed by atoms with Crippen LogP contribution in [-0.2, 0) is 36.6 Å². The van der Waals surface area contributed by atoms with Crippen LogP contribution in [0.25, 0.3) is 11.3 Å². The first-order chi connectivity index (χ1) is 32.5. The molecular formula is C48H51F4N9O7S. The number of likely N-dealkylation sites (tertiary alicyclic amines) is 1. The van der Waals surface area contributed by atoms with Crippen molar-refractivity contribution in [2.45, 2.75) is 90.6 Å². The van der Waals surface area contributed by atoms with Crippen molar-refractivity contribution in [3.8, 4) is 23.2 Å². The lowest BCUT2D eigenvalue weighted by Crippen LogP contribution is -2.58. The highest BCUT2D eigenvalue weighted by Crippen LogP contribution is 2.42. The van der Waals surface area contributed by atoms with E-state index in [0.717, 1.165) is 17.7 Å². The molecular weight excluding hydrogens is 923 g/mol. The second-order valence-corrected chi connectivity index (χ2v) is 18.3. The van der Waals surface area contributed by atoms with Crippen LogP contribution in [0.2, 0.25) is 0 Å². The van der Waals surface area contributed by atoms with Gasteiger partial charge in [0.15, 0.2) is 10.9 Å². The molecule has 2 fully saturated rings. The SMILES string of the molecule is CC(C)(C)C(NC(=O)COCCCCOc1ccc(-c2ccc(N3C(=S)N(c4ccc(C#N)c(C(F)(F)F)c4F)C(=O)C3(C)C)cn2)cn1)C(=O)N1CCC[C@H]1C(=O)NCc1ccc(C(N)=O)cc1. The van der Waals surface area contributed by atoms with Crippen molar-refractivity contribution in [3.63, 3.8) is 0 Å². The first-order valence-corrected chi connectivity index (χ1v) is 22.3. The predicted octanol–water partition coefficient (Wildman–Crippen LogP) is 6.20. The minimum atomic E-state index is -5.20. The first kappa shape index (κ1) is 51.3. The molecule has 69 heavy (non-hydrogen) atoms. The van der Waals surface area contributed by atoms with Gasteiger partial charge in [0, 0.05) is 43.1 Å². The number of nitrogens with two attached hydrogens (primary N) is 1. The summed E-state index contributed by atoms with van der Waals surface area (Å²) in [6.45, 7) is 9.31. The molecule has 2 atom stereocenters. The Kier molecular flexibility index (Phi) is 15.7. The lowest BCUT2D eigenvalue weighted by Gasteiger charge is -2.35. The monoisotopic (exact) mass is 973 g/mol. The number of benzene rings is 2. The van der Waals surface area contributed by atoms with Crippen LogP contribution in [0.5, 0.6) is 5.88 Å². The minimum Gasteiger partial charge on any atom is -0.478 e. The molecule has 2 aromatic carbocycles. The molecule has 364 valence electrons. The smallest absolute Gasteiger partial charge is 0.420 e. The van der Waals surface area contributed by atoms with Gasteiger partial charge in [0.2, 0.25) is 29.5 Å². The van der Waals surface area contributed by atoms with Crippen molar-refractivity contribution in [2.24, 2.45) is 11.1 Å². The van der Waals surface area contributed by atoms with E-state index in [1.807, 2.05) is 20.8 Å². The first-order valence-electron chi connectivity index (χ1n) is 21.9. The molecule has 16 nitrogen and oxygen atoms in total. The molecule has 0 saturated carbocycles. The zero-order chi connectivity index (χ0) is 50.4. The molecule has 0 bridgehead atoms. The molecule has 2 aliphatic rings. The van der Waals surface area contributed by atoms with Crippen molar-refractivity contribution < 1.29 is 51.0 Å². The van der Waals surface area contributed by atoms with Crippen LogP contribution in [0.4, 0.5) is 28.9 Å². The van der Waals surface area contributed by atoms with E-state index in [2.05, 4.69) is 20.6 Å². The average molecular weight is 974 g/mol. The summed E-state index contributed by atoms with van der Waals surface area (Å²) in [5, 5.41) is 14.6. The fourth-order valence-corrected chi connectivity index (χ4v) is 8.43. The van der Waals surface area contributed by atoms with Gasteiger partial charge in [-0.2, -0.15) is 18.4 Å². The molecule has 0 spiro atoms. The van der Waals surface area contributed by atoms with E-state index in [1.165, 1.54) is 35.9 Å². The molecule has 2 aliphatic heterocycles. The van der Waals surface area contributed by atoms with Crippen molar-refractivity contribution in [1.29, 1.82) is 5.26 Å². The second kappa shape index (κ2) is 21.1. The zero-order valence-corrected chi connectivity index (χ0v) is 39.3. The van der Waals surface area contributed by atoms with Crippen molar-refractivity contribution >= 4 is 58.2 Å². The minimum absolute atomic E-state index is 0.201. The number of alkyl halides is 3. The summed E-state index contributed by atoms with van der Waals surface area (Å²) in [5.41, 5.74) is 2.26. The van der Waals surface area contributed by atoms with Crippen molar-refractivity contribution in [1.82, 2.24) is 25.5 Å². The third-order valence-electron chi connectivity index (χ3n) is 11.6.